The molecule has 1 heterocycles. The number of unbranched alkanes of at least 4 members (excludes halogenated alkanes) is 7. The molecule has 0 aromatic heterocycles. The predicted octanol–water partition coefficient (Wildman–Crippen LogP) is 6.65. The number of fused-ring (bicyclic) bond motifs is 2. The van der Waals surface area contributed by atoms with Crippen LogP contribution in [0.15, 0.2) is 36.4 Å². The smallest absolute Gasteiger partial charge is 0.208 e. The summed E-state index contributed by atoms with van der Waals surface area (Å²) in [6.45, 7) is 2.28. The number of nitrogens with zero attached hydrogens (tertiary/aromatic N) is 3. The zero-order chi connectivity index (χ0) is 22.2. The standard InChI is InChI=1S/C27H38N3S/c1-6-7-8-9-10-11-12-13-14-15-21-18-24-27(20-25(21)30(4)5)31-26-19-22(29(2)3)16-17-23(26)28-24/h14-20H,6-13H2,1-5H3/q+1. The zero-order valence-electron chi connectivity index (χ0n) is 19.9. The van der Waals surface area contributed by atoms with E-state index in [2.05, 4.69) is 87.1 Å². The van der Waals surface area contributed by atoms with E-state index >= 15 is 0 Å². The van der Waals surface area contributed by atoms with Gasteiger partial charge in [-0.2, -0.15) is 0 Å². The molecule has 0 radical (unpaired) electrons. The van der Waals surface area contributed by atoms with Gasteiger partial charge in [-0.25, -0.2) is 9.56 Å². The van der Waals surface area contributed by atoms with Crippen molar-refractivity contribution in [1.82, 2.24) is 9.56 Å². The molecule has 0 fully saturated rings. The van der Waals surface area contributed by atoms with Gasteiger partial charge in [0, 0.05) is 31.4 Å². The Hall–Kier alpha value is -2.20. The topological polar surface area (TPSA) is 19.1 Å². The summed E-state index contributed by atoms with van der Waals surface area (Å²) in [5.74, 6) is 0. The molecule has 166 valence electrons. The van der Waals surface area contributed by atoms with Crippen LogP contribution in [0.4, 0.5) is 5.69 Å². The summed E-state index contributed by atoms with van der Waals surface area (Å²) in [5.41, 5.74) is 4.61. The number of anilines is 1. The maximum absolute atomic E-state index is 4.97. The van der Waals surface area contributed by atoms with E-state index < -0.39 is 0 Å². The first-order chi connectivity index (χ1) is 15.0. The quantitative estimate of drug-likeness (QED) is 0.201. The first-order valence-electron chi connectivity index (χ1n) is 11.7. The molecule has 0 saturated carbocycles. The normalized spacial score (nSPS) is 11.6. The molecule has 0 bridgehead atoms. The third-order valence-corrected chi connectivity index (χ3v) is 6.88. The van der Waals surface area contributed by atoms with Crippen molar-refractivity contribution in [3.8, 4) is 10.6 Å². The largest absolute Gasteiger partial charge is 0.378 e. The highest BCUT2D eigenvalue weighted by atomic mass is 32.1. The SMILES string of the molecule is CCCCCCCCCC=Cc1cc2nc3ccc(N(C)C)cc3sc-2cc1=[N+](C)C. The molecule has 1 aliphatic heterocycles. The van der Waals surface area contributed by atoms with Gasteiger partial charge in [-0.05, 0) is 37.1 Å². The fourth-order valence-electron chi connectivity index (χ4n) is 3.90. The molecule has 4 heteroatoms. The van der Waals surface area contributed by atoms with Crippen molar-refractivity contribution in [2.75, 3.05) is 33.1 Å². The van der Waals surface area contributed by atoms with E-state index in [0.717, 1.165) is 17.6 Å². The monoisotopic (exact) mass is 436 g/mol. The molecule has 0 amide bonds. The number of hydrogen-bond donors (Lipinski definition) is 0. The van der Waals surface area contributed by atoms with Gasteiger partial charge in [-0.15, -0.1) is 11.3 Å². The highest BCUT2D eigenvalue weighted by molar-refractivity contribution is 7.21. The molecule has 0 N–H and O–H groups in total. The van der Waals surface area contributed by atoms with Gasteiger partial charge in [0.2, 0.25) is 5.36 Å². The lowest BCUT2D eigenvalue weighted by Crippen LogP contribution is -2.24. The molecular weight excluding hydrogens is 398 g/mol. The minimum Gasteiger partial charge on any atom is -0.378 e. The van der Waals surface area contributed by atoms with Gasteiger partial charge in [-0.1, -0.05) is 57.6 Å². The second-order valence-electron chi connectivity index (χ2n) is 8.85. The Balaban J connectivity index is 1.79. The first-order valence-corrected chi connectivity index (χ1v) is 12.5. The first kappa shape index (κ1) is 23.5. The van der Waals surface area contributed by atoms with Crippen LogP contribution >= 0.6 is 11.3 Å². The average Bonchev–Trinajstić information content (AvgIpc) is 2.75. The van der Waals surface area contributed by atoms with Gasteiger partial charge in [0.05, 0.1) is 20.8 Å². The Morgan fingerprint density at radius 3 is 2.42 bits per heavy atom. The van der Waals surface area contributed by atoms with E-state index in [1.165, 1.54) is 71.1 Å². The summed E-state index contributed by atoms with van der Waals surface area (Å²) in [6, 6.07) is 11.1. The molecule has 0 atom stereocenters. The lowest BCUT2D eigenvalue weighted by molar-refractivity contribution is 0.592. The van der Waals surface area contributed by atoms with Crippen LogP contribution in [0.3, 0.4) is 0 Å². The average molecular weight is 437 g/mol. The lowest BCUT2D eigenvalue weighted by Gasteiger charge is -2.13. The van der Waals surface area contributed by atoms with Crippen molar-refractivity contribution in [3.63, 3.8) is 0 Å². The highest BCUT2D eigenvalue weighted by Gasteiger charge is 2.13. The molecule has 3 rings (SSSR count). The van der Waals surface area contributed by atoms with E-state index in [0.29, 0.717) is 0 Å². The van der Waals surface area contributed by atoms with Crippen molar-refractivity contribution in [1.29, 1.82) is 0 Å². The number of rotatable bonds is 10. The fraction of sp³-hybridized carbons (Fsp3) is 0.481. The molecule has 0 spiro atoms. The van der Waals surface area contributed by atoms with Crippen LogP contribution in [-0.4, -0.2) is 33.2 Å². The van der Waals surface area contributed by atoms with Crippen LogP contribution in [-0.2, 0) is 0 Å². The van der Waals surface area contributed by atoms with Crippen LogP contribution in [0, 0.1) is 0 Å². The number of hydrogen-bond acceptors (Lipinski definition) is 3. The summed E-state index contributed by atoms with van der Waals surface area (Å²) < 4.78 is 3.44. The van der Waals surface area contributed by atoms with Gasteiger partial charge < -0.3 is 4.90 Å². The van der Waals surface area contributed by atoms with Crippen LogP contribution in [0.2, 0.25) is 0 Å². The zero-order valence-corrected chi connectivity index (χ0v) is 20.8. The molecule has 31 heavy (non-hydrogen) atoms. The third kappa shape index (κ3) is 6.39. The minimum absolute atomic E-state index is 1.07. The Morgan fingerprint density at radius 2 is 1.71 bits per heavy atom. The van der Waals surface area contributed by atoms with Gasteiger partial charge in [0.1, 0.15) is 14.1 Å². The Kier molecular flexibility index (Phi) is 8.65. The summed E-state index contributed by atoms with van der Waals surface area (Å²) in [5, 5.41) is 1.25. The second-order valence-corrected chi connectivity index (χ2v) is 9.93. The van der Waals surface area contributed by atoms with Gasteiger partial charge in [0.25, 0.3) is 0 Å². The lowest BCUT2D eigenvalue weighted by atomic mass is 10.1. The molecule has 3 nitrogen and oxygen atoms in total. The van der Waals surface area contributed by atoms with Gasteiger partial charge in [-0.3, -0.25) is 0 Å². The summed E-state index contributed by atoms with van der Waals surface area (Å²) in [6.07, 6.45) is 15.3. The third-order valence-electron chi connectivity index (χ3n) is 5.78. The van der Waals surface area contributed by atoms with Crippen molar-refractivity contribution in [3.05, 3.63) is 47.3 Å². The predicted molar refractivity (Wildman–Crippen MR) is 139 cm³/mol. The molecule has 2 aliphatic rings. The van der Waals surface area contributed by atoms with Gasteiger partial charge >= 0.3 is 0 Å². The van der Waals surface area contributed by atoms with E-state index in [-0.39, 0.29) is 0 Å². The van der Waals surface area contributed by atoms with Crippen molar-refractivity contribution >= 4 is 33.3 Å². The Morgan fingerprint density at radius 1 is 0.968 bits per heavy atom. The molecule has 0 saturated heterocycles. The Bertz CT molecular complexity index is 1060. The summed E-state index contributed by atoms with van der Waals surface area (Å²) >= 11 is 1.83. The van der Waals surface area contributed by atoms with Crippen LogP contribution in [0.5, 0.6) is 0 Å². The van der Waals surface area contributed by atoms with Crippen molar-refractivity contribution in [2.24, 2.45) is 0 Å². The molecule has 1 aromatic rings. The Labute approximate surface area is 192 Å². The maximum Gasteiger partial charge on any atom is 0.208 e. The number of aromatic nitrogens is 1. The molecule has 1 aromatic carbocycles. The second kappa shape index (κ2) is 11.4. The van der Waals surface area contributed by atoms with E-state index in [1.807, 2.05) is 11.3 Å². The van der Waals surface area contributed by atoms with Crippen LogP contribution in [0.1, 0.15) is 63.9 Å². The minimum atomic E-state index is 1.07. The number of allylic oxidation sites excluding steroid dienone is 1. The molecule has 0 unspecified atom stereocenters. The highest BCUT2D eigenvalue weighted by Crippen LogP contribution is 2.32. The van der Waals surface area contributed by atoms with E-state index in [4.69, 9.17) is 4.98 Å². The molecular formula is C27H38N3S+. The summed E-state index contributed by atoms with van der Waals surface area (Å²) in [4.78, 5) is 8.34. The van der Waals surface area contributed by atoms with Crippen molar-refractivity contribution < 1.29 is 0 Å². The van der Waals surface area contributed by atoms with E-state index in [9.17, 15) is 0 Å². The van der Waals surface area contributed by atoms with Crippen LogP contribution < -0.4 is 14.8 Å². The summed E-state index contributed by atoms with van der Waals surface area (Å²) in [7, 11) is 8.40. The van der Waals surface area contributed by atoms with E-state index in [1.54, 1.807) is 0 Å². The molecule has 1 aliphatic carbocycles. The maximum atomic E-state index is 4.97. The van der Waals surface area contributed by atoms with Crippen molar-refractivity contribution in [2.45, 2.75) is 58.3 Å². The fourth-order valence-corrected chi connectivity index (χ4v) is 4.91. The van der Waals surface area contributed by atoms with Gasteiger partial charge in [0.15, 0.2) is 0 Å². The van der Waals surface area contributed by atoms with Crippen LogP contribution in [0.25, 0.3) is 26.9 Å². The number of benzene rings is 2.